The predicted octanol–water partition coefficient (Wildman–Crippen LogP) is 3.44. The third-order valence-corrected chi connectivity index (χ3v) is 5.05. The number of aryl methyl sites for hydroxylation is 1. The molecule has 1 heterocycles. The van der Waals surface area contributed by atoms with E-state index in [1.807, 2.05) is 30.3 Å². The van der Waals surface area contributed by atoms with Gasteiger partial charge in [0.05, 0.1) is 15.6 Å². The summed E-state index contributed by atoms with van der Waals surface area (Å²) in [5.74, 6) is 0. The Balaban J connectivity index is 2.07. The highest BCUT2D eigenvalue weighted by atomic mass is 35.5. The van der Waals surface area contributed by atoms with Gasteiger partial charge in [0.15, 0.2) is 0 Å². The van der Waals surface area contributed by atoms with Crippen LogP contribution in [0.2, 0.25) is 5.02 Å². The van der Waals surface area contributed by atoms with Crippen molar-refractivity contribution in [2.75, 3.05) is 4.83 Å². The Bertz CT molecular complexity index is 923. The minimum atomic E-state index is -3.76. The molecule has 3 rings (SSSR count). The largest absolute Gasteiger partial charge is 0.276 e. The Morgan fingerprint density at radius 3 is 2.17 bits per heavy atom. The highest BCUT2D eigenvalue weighted by Gasteiger charge is 2.20. The fourth-order valence-corrected chi connectivity index (χ4v) is 3.39. The lowest BCUT2D eigenvalue weighted by Crippen LogP contribution is -2.25. The molecule has 1 aromatic heterocycles. The number of halogens is 1. The van der Waals surface area contributed by atoms with Crippen molar-refractivity contribution in [3.63, 3.8) is 0 Å². The maximum Gasteiger partial charge on any atom is 0.276 e. The summed E-state index contributed by atoms with van der Waals surface area (Å²) in [6.07, 6.45) is 0. The lowest BCUT2D eigenvalue weighted by Gasteiger charge is -2.11. The van der Waals surface area contributed by atoms with Gasteiger partial charge in [-0.1, -0.05) is 60.1 Å². The first kappa shape index (κ1) is 15.6. The first-order valence-corrected chi connectivity index (χ1v) is 8.73. The fraction of sp³-hybridized carbons (Fsp3) is 0.0625. The lowest BCUT2D eigenvalue weighted by atomic mass is 10.1. The van der Waals surface area contributed by atoms with E-state index in [-0.39, 0.29) is 4.90 Å². The molecule has 0 spiro atoms. The second-order valence-electron chi connectivity index (χ2n) is 4.93. The first-order chi connectivity index (χ1) is 11.0. The quantitative estimate of drug-likeness (QED) is 0.786. The van der Waals surface area contributed by atoms with Crippen LogP contribution in [0.25, 0.3) is 11.3 Å². The summed E-state index contributed by atoms with van der Waals surface area (Å²) < 4.78 is 25.0. The molecule has 0 atom stereocenters. The minimum Gasteiger partial charge on any atom is -0.200 e. The fourth-order valence-electron chi connectivity index (χ4n) is 2.19. The van der Waals surface area contributed by atoms with Crippen molar-refractivity contribution in [1.82, 2.24) is 9.89 Å². The molecule has 0 aliphatic rings. The molecule has 0 saturated heterocycles. The molecule has 0 amide bonds. The second kappa shape index (κ2) is 6.06. The minimum absolute atomic E-state index is 0.156. The van der Waals surface area contributed by atoms with E-state index in [0.717, 1.165) is 5.56 Å². The topological polar surface area (TPSA) is 64.0 Å². The zero-order valence-electron chi connectivity index (χ0n) is 12.3. The van der Waals surface area contributed by atoms with Crippen LogP contribution in [0.15, 0.2) is 65.6 Å². The zero-order chi connectivity index (χ0) is 16.4. The molecule has 7 heteroatoms. The molecule has 0 bridgehead atoms. The van der Waals surface area contributed by atoms with Gasteiger partial charge in [0.1, 0.15) is 5.69 Å². The summed E-state index contributed by atoms with van der Waals surface area (Å²) in [4.78, 5) is 3.82. The molecule has 0 unspecified atom stereocenters. The molecule has 0 radical (unpaired) electrons. The summed E-state index contributed by atoms with van der Waals surface area (Å²) in [6, 6.07) is 17.4. The molecule has 0 aliphatic heterocycles. The third-order valence-electron chi connectivity index (χ3n) is 3.29. The molecule has 5 nitrogen and oxygen atoms in total. The number of nitrogens with zero attached hydrogens (tertiary/aromatic N) is 2. The van der Waals surface area contributed by atoms with Crippen LogP contribution < -0.4 is 4.83 Å². The molecular weight excluding hydrogens is 334 g/mol. The molecule has 0 aliphatic carbocycles. The van der Waals surface area contributed by atoms with E-state index < -0.39 is 10.0 Å². The Labute approximate surface area is 139 Å². The molecule has 0 saturated carbocycles. The maximum absolute atomic E-state index is 12.5. The van der Waals surface area contributed by atoms with Crippen LogP contribution in [0.5, 0.6) is 0 Å². The third kappa shape index (κ3) is 3.09. The van der Waals surface area contributed by atoms with E-state index in [1.54, 1.807) is 25.1 Å². The average Bonchev–Trinajstić information content (AvgIpc) is 2.82. The van der Waals surface area contributed by atoms with Gasteiger partial charge in [-0.2, -0.15) is 23.1 Å². The Morgan fingerprint density at radius 2 is 1.57 bits per heavy atom. The van der Waals surface area contributed by atoms with Crippen LogP contribution >= 0.6 is 11.6 Å². The van der Waals surface area contributed by atoms with Gasteiger partial charge in [0, 0.05) is 5.56 Å². The number of benzene rings is 2. The molecule has 2 aromatic carbocycles. The number of hydrogen-bond donors (Lipinski definition) is 1. The van der Waals surface area contributed by atoms with Crippen molar-refractivity contribution in [1.29, 1.82) is 0 Å². The maximum atomic E-state index is 12.5. The Hall–Kier alpha value is -2.31. The van der Waals surface area contributed by atoms with Crippen LogP contribution in [0, 0.1) is 6.92 Å². The Morgan fingerprint density at radius 1 is 1.00 bits per heavy atom. The molecular formula is C16H14ClN3O2S. The van der Waals surface area contributed by atoms with Crippen molar-refractivity contribution >= 4 is 21.6 Å². The van der Waals surface area contributed by atoms with Crippen LogP contribution in [0.3, 0.4) is 0 Å². The number of rotatable bonds is 4. The van der Waals surface area contributed by atoms with Gasteiger partial charge in [0.25, 0.3) is 10.0 Å². The first-order valence-electron chi connectivity index (χ1n) is 6.87. The van der Waals surface area contributed by atoms with Crippen molar-refractivity contribution < 1.29 is 8.42 Å². The van der Waals surface area contributed by atoms with Gasteiger partial charge in [-0.15, -0.1) is 0 Å². The van der Waals surface area contributed by atoms with Crippen LogP contribution in [0.4, 0.5) is 0 Å². The molecule has 0 fully saturated rings. The summed E-state index contributed by atoms with van der Waals surface area (Å²) in [7, 11) is -3.76. The molecule has 118 valence electrons. The Kier molecular flexibility index (Phi) is 4.11. The number of sulfonamides is 1. The SMILES string of the molecule is Cc1nn(NS(=O)(=O)c2ccccc2)c(-c2ccccc2)c1Cl. The summed E-state index contributed by atoms with van der Waals surface area (Å²) in [5, 5.41) is 4.60. The van der Waals surface area contributed by atoms with E-state index in [4.69, 9.17) is 11.6 Å². The van der Waals surface area contributed by atoms with Crippen LogP contribution in [0.1, 0.15) is 5.69 Å². The van der Waals surface area contributed by atoms with Crippen LogP contribution in [-0.4, -0.2) is 18.3 Å². The summed E-state index contributed by atoms with van der Waals surface area (Å²) >= 11 is 6.31. The number of nitrogens with one attached hydrogen (secondary N) is 1. The monoisotopic (exact) mass is 347 g/mol. The van der Waals surface area contributed by atoms with Gasteiger partial charge in [-0.3, -0.25) is 0 Å². The van der Waals surface area contributed by atoms with Gasteiger partial charge >= 0.3 is 0 Å². The summed E-state index contributed by atoms with van der Waals surface area (Å²) in [6.45, 7) is 1.72. The lowest BCUT2D eigenvalue weighted by molar-refractivity contribution is 0.592. The normalized spacial score (nSPS) is 11.4. The summed E-state index contributed by atoms with van der Waals surface area (Å²) in [5.41, 5.74) is 1.82. The van der Waals surface area contributed by atoms with E-state index in [0.29, 0.717) is 16.4 Å². The van der Waals surface area contributed by atoms with E-state index >= 15 is 0 Å². The van der Waals surface area contributed by atoms with Crippen LogP contribution in [-0.2, 0) is 10.0 Å². The molecule has 3 aromatic rings. The van der Waals surface area contributed by atoms with E-state index in [9.17, 15) is 8.42 Å². The standard InChI is InChI=1S/C16H14ClN3O2S/c1-12-15(17)16(13-8-4-2-5-9-13)20(18-12)19-23(21,22)14-10-6-3-7-11-14/h2-11,19H,1H3. The number of aromatic nitrogens is 2. The van der Waals surface area contributed by atoms with E-state index in [1.165, 1.54) is 16.9 Å². The van der Waals surface area contributed by atoms with E-state index in [2.05, 4.69) is 9.93 Å². The van der Waals surface area contributed by atoms with Gasteiger partial charge in [-0.25, -0.2) is 0 Å². The zero-order valence-corrected chi connectivity index (χ0v) is 13.8. The van der Waals surface area contributed by atoms with Gasteiger partial charge < -0.3 is 0 Å². The highest BCUT2D eigenvalue weighted by molar-refractivity contribution is 7.92. The van der Waals surface area contributed by atoms with Gasteiger partial charge in [-0.05, 0) is 19.1 Å². The van der Waals surface area contributed by atoms with Gasteiger partial charge in [0.2, 0.25) is 0 Å². The second-order valence-corrected chi connectivity index (χ2v) is 6.97. The van der Waals surface area contributed by atoms with Crippen molar-refractivity contribution in [3.05, 3.63) is 71.4 Å². The number of hydrogen-bond acceptors (Lipinski definition) is 3. The predicted molar refractivity (Wildman–Crippen MR) is 90.4 cm³/mol. The van der Waals surface area contributed by atoms with Crippen molar-refractivity contribution in [2.24, 2.45) is 0 Å². The highest BCUT2D eigenvalue weighted by Crippen LogP contribution is 2.30. The van der Waals surface area contributed by atoms with Crippen molar-refractivity contribution in [3.8, 4) is 11.3 Å². The van der Waals surface area contributed by atoms with Crippen molar-refractivity contribution in [2.45, 2.75) is 11.8 Å². The average molecular weight is 348 g/mol. The smallest absolute Gasteiger partial charge is 0.200 e. The molecule has 1 N–H and O–H groups in total. The molecule has 23 heavy (non-hydrogen) atoms.